The number of para-hydroxylation sites is 1. The second-order valence-corrected chi connectivity index (χ2v) is 8.75. The molecule has 2 fully saturated rings. The smallest absolute Gasteiger partial charge is 0.291 e. The van der Waals surface area contributed by atoms with Gasteiger partial charge in [0.05, 0.1) is 12.2 Å². The van der Waals surface area contributed by atoms with E-state index < -0.39 is 17.4 Å². The highest BCUT2D eigenvalue weighted by molar-refractivity contribution is 6.13. The number of carbonyl (C=O) groups is 3. The van der Waals surface area contributed by atoms with E-state index in [0.717, 1.165) is 23.2 Å². The van der Waals surface area contributed by atoms with Crippen LogP contribution in [-0.4, -0.2) is 28.7 Å². The minimum absolute atomic E-state index is 0.117. The lowest BCUT2D eigenvalue weighted by Gasteiger charge is -2.27. The van der Waals surface area contributed by atoms with E-state index in [0.29, 0.717) is 0 Å². The van der Waals surface area contributed by atoms with Crippen LogP contribution in [0.1, 0.15) is 31.4 Å². The first-order valence-corrected chi connectivity index (χ1v) is 10.6. The number of nitrogens with zero attached hydrogens (tertiary/aromatic N) is 1. The van der Waals surface area contributed by atoms with Gasteiger partial charge in [-0.3, -0.25) is 19.3 Å². The van der Waals surface area contributed by atoms with Crippen molar-refractivity contribution in [1.29, 1.82) is 0 Å². The number of fused-ring (bicyclic) bond motifs is 4. The molecule has 3 N–H and O–H groups in total. The quantitative estimate of drug-likeness (QED) is 0.760. The van der Waals surface area contributed by atoms with E-state index in [1.807, 2.05) is 59.9 Å². The topological polar surface area (TPSA) is 83.1 Å². The Morgan fingerprint density at radius 3 is 2.47 bits per heavy atom. The van der Waals surface area contributed by atoms with Crippen LogP contribution in [0.4, 0.5) is 5.69 Å². The number of imide groups is 1. The molecule has 0 saturated carbocycles. The molecular weight excluding hydrogens is 378 g/mol. The SMILES string of the molecule is CC[C@@H](C)[C@@H]1[NH2+][C@]2(C(=O)Nc3ccccc32)[C@@H]2C(=O)N(Cc3ccccc3)C(=O)[C@H]12. The van der Waals surface area contributed by atoms with E-state index in [2.05, 4.69) is 19.2 Å². The number of rotatable bonds is 4. The maximum absolute atomic E-state index is 13.7. The lowest BCUT2D eigenvalue weighted by molar-refractivity contribution is -0.738. The summed E-state index contributed by atoms with van der Waals surface area (Å²) in [6, 6.07) is 17.0. The number of carbonyl (C=O) groups excluding carboxylic acids is 3. The first kappa shape index (κ1) is 19.0. The van der Waals surface area contributed by atoms with E-state index in [-0.39, 0.29) is 36.2 Å². The zero-order chi connectivity index (χ0) is 21.0. The Morgan fingerprint density at radius 1 is 1.03 bits per heavy atom. The van der Waals surface area contributed by atoms with Crippen molar-refractivity contribution < 1.29 is 19.7 Å². The summed E-state index contributed by atoms with van der Waals surface area (Å²) in [5.41, 5.74) is 1.39. The van der Waals surface area contributed by atoms with Crippen LogP contribution in [-0.2, 0) is 26.5 Å². The van der Waals surface area contributed by atoms with Crippen LogP contribution in [0.5, 0.6) is 0 Å². The molecule has 1 spiro atoms. The zero-order valence-electron chi connectivity index (χ0n) is 17.2. The third-order valence-electron chi connectivity index (χ3n) is 7.28. The molecule has 3 aliphatic heterocycles. The van der Waals surface area contributed by atoms with Gasteiger partial charge in [-0.1, -0.05) is 62.4 Å². The molecule has 0 radical (unpaired) electrons. The standard InChI is InChI=1S/C24H25N3O3/c1-3-14(2)20-18-19(22(29)27(21(18)28)13-15-9-5-4-6-10-15)24(26-20)16-11-7-8-12-17(16)25-23(24)30/h4-12,14,18-20,26H,3,13H2,1-2H3,(H,25,30)/p+1/t14-,18+,19+,20+,24+/m1/s1. The van der Waals surface area contributed by atoms with E-state index in [1.165, 1.54) is 4.90 Å². The summed E-state index contributed by atoms with van der Waals surface area (Å²) < 4.78 is 0. The first-order valence-electron chi connectivity index (χ1n) is 10.6. The molecule has 2 aromatic carbocycles. The van der Waals surface area contributed by atoms with E-state index in [1.54, 1.807) is 0 Å². The molecule has 2 aromatic rings. The Hall–Kier alpha value is -2.99. The predicted molar refractivity (Wildman–Crippen MR) is 111 cm³/mol. The van der Waals surface area contributed by atoms with Crippen LogP contribution >= 0.6 is 0 Å². The molecule has 5 rings (SSSR count). The molecule has 3 aliphatic rings. The van der Waals surface area contributed by atoms with Gasteiger partial charge in [-0.25, -0.2) is 0 Å². The lowest BCUT2D eigenvalue weighted by Crippen LogP contribution is -2.99. The van der Waals surface area contributed by atoms with Crippen LogP contribution < -0.4 is 10.6 Å². The van der Waals surface area contributed by atoms with Gasteiger partial charge >= 0.3 is 0 Å². The Labute approximate surface area is 175 Å². The van der Waals surface area contributed by atoms with Gasteiger partial charge in [0, 0.05) is 11.5 Å². The van der Waals surface area contributed by atoms with Gasteiger partial charge in [-0.05, 0) is 18.1 Å². The number of amides is 3. The van der Waals surface area contributed by atoms with Crippen molar-refractivity contribution in [2.45, 2.75) is 38.4 Å². The van der Waals surface area contributed by atoms with Crippen molar-refractivity contribution in [3.8, 4) is 0 Å². The number of hydrogen-bond acceptors (Lipinski definition) is 3. The third kappa shape index (κ3) is 2.43. The van der Waals surface area contributed by atoms with Crippen molar-refractivity contribution in [3.05, 3.63) is 65.7 Å². The average Bonchev–Trinajstić information content (AvgIpc) is 3.35. The number of benzene rings is 2. The minimum Gasteiger partial charge on any atom is -0.326 e. The van der Waals surface area contributed by atoms with E-state index in [4.69, 9.17) is 0 Å². The Balaban J connectivity index is 1.62. The fourth-order valence-electron chi connectivity index (χ4n) is 5.62. The van der Waals surface area contributed by atoms with Gasteiger partial charge in [0.1, 0.15) is 17.9 Å². The highest BCUT2D eigenvalue weighted by Gasteiger charge is 2.74. The minimum atomic E-state index is -1.08. The van der Waals surface area contributed by atoms with Crippen LogP contribution in [0.25, 0.3) is 0 Å². The molecular formula is C24H26N3O3+. The highest BCUT2D eigenvalue weighted by Crippen LogP contribution is 2.50. The van der Waals surface area contributed by atoms with E-state index >= 15 is 0 Å². The van der Waals surface area contributed by atoms with Crippen molar-refractivity contribution in [3.63, 3.8) is 0 Å². The number of nitrogens with one attached hydrogen (secondary N) is 1. The molecule has 154 valence electrons. The lowest BCUT2D eigenvalue weighted by atomic mass is 9.75. The van der Waals surface area contributed by atoms with Gasteiger partial charge in [-0.2, -0.15) is 0 Å². The van der Waals surface area contributed by atoms with Gasteiger partial charge < -0.3 is 10.6 Å². The molecule has 0 unspecified atom stereocenters. The maximum Gasteiger partial charge on any atom is 0.291 e. The van der Waals surface area contributed by atoms with Gasteiger partial charge in [0.25, 0.3) is 5.91 Å². The molecule has 0 aromatic heterocycles. The van der Waals surface area contributed by atoms with Gasteiger partial charge in [-0.15, -0.1) is 0 Å². The van der Waals surface area contributed by atoms with Crippen molar-refractivity contribution in [1.82, 2.24) is 4.90 Å². The largest absolute Gasteiger partial charge is 0.326 e. The summed E-state index contributed by atoms with van der Waals surface area (Å²) in [6.07, 6.45) is 0.879. The van der Waals surface area contributed by atoms with Crippen molar-refractivity contribution in [2.75, 3.05) is 5.32 Å². The summed E-state index contributed by atoms with van der Waals surface area (Å²) in [5, 5.41) is 4.99. The van der Waals surface area contributed by atoms with Crippen molar-refractivity contribution in [2.24, 2.45) is 17.8 Å². The molecule has 30 heavy (non-hydrogen) atoms. The summed E-state index contributed by atoms with van der Waals surface area (Å²) in [5.74, 6) is -1.55. The fourth-order valence-corrected chi connectivity index (χ4v) is 5.62. The van der Waals surface area contributed by atoms with E-state index in [9.17, 15) is 14.4 Å². The molecule has 6 nitrogen and oxygen atoms in total. The molecule has 0 aliphatic carbocycles. The number of hydrogen-bond donors (Lipinski definition) is 2. The van der Waals surface area contributed by atoms with Crippen LogP contribution in [0.2, 0.25) is 0 Å². The molecule has 3 heterocycles. The number of likely N-dealkylation sites (tertiary alicyclic amines) is 1. The molecule has 0 bridgehead atoms. The predicted octanol–water partition coefficient (Wildman–Crippen LogP) is 1.63. The maximum atomic E-state index is 13.7. The summed E-state index contributed by atoms with van der Waals surface area (Å²) in [6.45, 7) is 4.44. The zero-order valence-corrected chi connectivity index (χ0v) is 17.2. The number of anilines is 1. The second-order valence-electron chi connectivity index (χ2n) is 8.75. The average molecular weight is 404 g/mol. The summed E-state index contributed by atoms with van der Waals surface area (Å²) in [7, 11) is 0. The second kappa shape index (κ2) is 6.77. The van der Waals surface area contributed by atoms with Gasteiger partial charge in [0.2, 0.25) is 17.4 Å². The summed E-state index contributed by atoms with van der Waals surface area (Å²) >= 11 is 0. The Bertz CT molecular complexity index is 1040. The first-order chi connectivity index (χ1) is 14.5. The fraction of sp³-hybridized carbons (Fsp3) is 0.375. The van der Waals surface area contributed by atoms with Crippen LogP contribution in [0, 0.1) is 17.8 Å². The Morgan fingerprint density at radius 2 is 1.73 bits per heavy atom. The summed E-state index contributed by atoms with van der Waals surface area (Å²) in [4.78, 5) is 41.9. The molecule has 5 atom stereocenters. The van der Waals surface area contributed by atoms with Crippen LogP contribution in [0.15, 0.2) is 54.6 Å². The third-order valence-corrected chi connectivity index (χ3v) is 7.28. The molecule has 2 saturated heterocycles. The highest BCUT2D eigenvalue weighted by atomic mass is 16.2. The molecule has 6 heteroatoms. The normalized spacial score (nSPS) is 30.5. The van der Waals surface area contributed by atoms with Gasteiger partial charge in [0.15, 0.2) is 0 Å². The number of nitrogens with two attached hydrogens (primary N) is 1. The molecule has 3 amide bonds. The van der Waals surface area contributed by atoms with Crippen molar-refractivity contribution >= 4 is 23.4 Å². The monoisotopic (exact) mass is 404 g/mol. The Kier molecular flexibility index (Phi) is 4.29. The number of quaternary nitrogens is 1. The van der Waals surface area contributed by atoms with Crippen LogP contribution in [0.3, 0.4) is 0 Å².